The second-order valence-electron chi connectivity index (χ2n) is 6.81. The molecule has 9 nitrogen and oxygen atoms in total. The maximum Gasteiger partial charge on any atom is 0.277 e. The third-order valence-corrected chi connectivity index (χ3v) is 6.39. The summed E-state index contributed by atoms with van der Waals surface area (Å²) in [6.07, 6.45) is 1.81. The second-order valence-corrected chi connectivity index (χ2v) is 9.30. The van der Waals surface area contributed by atoms with Crippen LogP contribution in [0.1, 0.15) is 18.5 Å². The first kappa shape index (κ1) is 21.1. The molecule has 2 aromatic carbocycles. The molecule has 0 radical (unpaired) electrons. The summed E-state index contributed by atoms with van der Waals surface area (Å²) in [6, 6.07) is 13.5. The topological polar surface area (TPSA) is 144 Å². The highest BCUT2D eigenvalue weighted by molar-refractivity contribution is 7.99. The number of H-pyrrole nitrogens is 1. The fourth-order valence-corrected chi connectivity index (χ4v) is 4.16. The van der Waals surface area contributed by atoms with Crippen LogP contribution in [0.5, 0.6) is 0 Å². The maximum atomic E-state index is 12.3. The van der Waals surface area contributed by atoms with Crippen LogP contribution in [0.15, 0.2) is 69.3 Å². The number of primary sulfonamides is 1. The number of hydrogen-bond donors (Lipinski definition) is 3. The fourth-order valence-electron chi connectivity index (χ4n) is 3.07. The summed E-state index contributed by atoms with van der Waals surface area (Å²) in [4.78, 5) is 15.5. The molecule has 1 amide bonds. The van der Waals surface area contributed by atoms with E-state index in [9.17, 15) is 13.2 Å². The van der Waals surface area contributed by atoms with Gasteiger partial charge in [0.2, 0.25) is 15.9 Å². The first-order chi connectivity index (χ1) is 14.8. The van der Waals surface area contributed by atoms with E-state index in [0.717, 1.165) is 33.8 Å². The lowest BCUT2D eigenvalue weighted by Gasteiger charge is -2.14. The van der Waals surface area contributed by atoms with E-state index in [4.69, 9.17) is 9.56 Å². The fraction of sp³-hybridized carbons (Fsp3) is 0.150. The number of para-hydroxylation sites is 1. The van der Waals surface area contributed by atoms with Crippen LogP contribution < -0.4 is 10.5 Å². The molecule has 11 heteroatoms. The summed E-state index contributed by atoms with van der Waals surface area (Å²) in [7, 11) is -3.75. The largest absolute Gasteiger partial charge is 0.411 e. The van der Waals surface area contributed by atoms with Gasteiger partial charge in [-0.15, -0.1) is 10.2 Å². The molecule has 0 aliphatic heterocycles. The van der Waals surface area contributed by atoms with Crippen LogP contribution in [0.4, 0.5) is 0 Å². The molecular weight excluding hydrogens is 438 g/mol. The van der Waals surface area contributed by atoms with Gasteiger partial charge in [0.1, 0.15) is 0 Å². The number of nitrogens with two attached hydrogens (primary N) is 1. The lowest BCUT2D eigenvalue weighted by Crippen LogP contribution is -2.28. The zero-order chi connectivity index (χ0) is 22.0. The molecule has 31 heavy (non-hydrogen) atoms. The zero-order valence-corrected chi connectivity index (χ0v) is 18.0. The van der Waals surface area contributed by atoms with E-state index < -0.39 is 10.0 Å². The molecule has 4 rings (SSSR count). The molecule has 160 valence electrons. The van der Waals surface area contributed by atoms with Crippen molar-refractivity contribution in [3.63, 3.8) is 0 Å². The number of thioether (sulfide) groups is 1. The van der Waals surface area contributed by atoms with Gasteiger partial charge in [0.05, 0.1) is 22.3 Å². The Morgan fingerprint density at radius 1 is 1.19 bits per heavy atom. The number of hydrogen-bond acceptors (Lipinski definition) is 7. The molecule has 4 N–H and O–H groups in total. The Bertz CT molecular complexity index is 1330. The number of amides is 1. The van der Waals surface area contributed by atoms with Crippen molar-refractivity contribution in [1.29, 1.82) is 0 Å². The molecule has 2 aromatic heterocycles. The van der Waals surface area contributed by atoms with Gasteiger partial charge in [0.25, 0.3) is 11.1 Å². The predicted molar refractivity (Wildman–Crippen MR) is 117 cm³/mol. The standard InChI is InChI=1S/C20H19N5O4S2/c1-12(13-6-8-14(9-7-13)31(21,27)28)23-18(26)11-30-20-25-24-19(29-20)16-10-22-17-5-3-2-4-15(16)17/h2-10,12,22H,11H2,1H3,(H,23,26)(H2,21,27,28). The van der Waals surface area contributed by atoms with Gasteiger partial charge in [0.15, 0.2) is 0 Å². The average molecular weight is 458 g/mol. The number of carbonyl (C=O) groups excluding carboxylic acids is 1. The van der Waals surface area contributed by atoms with E-state index >= 15 is 0 Å². The molecule has 0 saturated carbocycles. The van der Waals surface area contributed by atoms with Crippen molar-refractivity contribution in [2.24, 2.45) is 5.14 Å². The molecule has 4 aromatic rings. The first-order valence-electron chi connectivity index (χ1n) is 9.26. The summed E-state index contributed by atoms with van der Waals surface area (Å²) >= 11 is 1.14. The van der Waals surface area contributed by atoms with E-state index in [1.54, 1.807) is 19.1 Å². The van der Waals surface area contributed by atoms with Crippen LogP contribution in [-0.4, -0.2) is 35.3 Å². The predicted octanol–water partition coefficient (Wildman–Crippen LogP) is 2.83. The molecule has 0 saturated heterocycles. The van der Waals surface area contributed by atoms with E-state index in [-0.39, 0.29) is 22.6 Å². The van der Waals surface area contributed by atoms with Crippen LogP contribution in [0.3, 0.4) is 0 Å². The van der Waals surface area contributed by atoms with Crippen molar-refractivity contribution in [2.45, 2.75) is 23.1 Å². The molecule has 1 unspecified atom stereocenters. The number of nitrogens with zero attached hydrogens (tertiary/aromatic N) is 2. The van der Waals surface area contributed by atoms with Gasteiger partial charge in [0, 0.05) is 17.1 Å². The molecule has 1 atom stereocenters. The minimum absolute atomic E-state index is 0.0210. The van der Waals surface area contributed by atoms with Crippen molar-refractivity contribution in [3.05, 3.63) is 60.3 Å². The lowest BCUT2D eigenvalue weighted by molar-refractivity contribution is -0.119. The number of sulfonamides is 1. The Balaban J connectivity index is 1.35. The quantitative estimate of drug-likeness (QED) is 0.362. The van der Waals surface area contributed by atoms with Crippen molar-refractivity contribution < 1.29 is 17.6 Å². The molecule has 0 spiro atoms. The van der Waals surface area contributed by atoms with Crippen LogP contribution >= 0.6 is 11.8 Å². The highest BCUT2D eigenvalue weighted by Gasteiger charge is 2.16. The molecule has 0 aliphatic rings. The summed E-state index contributed by atoms with van der Waals surface area (Å²) in [5, 5.41) is 17.3. The van der Waals surface area contributed by atoms with Gasteiger partial charge in [-0.2, -0.15) is 0 Å². The number of aromatic amines is 1. The average Bonchev–Trinajstić information content (AvgIpc) is 3.38. The third kappa shape index (κ3) is 4.79. The highest BCUT2D eigenvalue weighted by Crippen LogP contribution is 2.29. The van der Waals surface area contributed by atoms with E-state index in [0.29, 0.717) is 11.1 Å². The Morgan fingerprint density at radius 3 is 2.68 bits per heavy atom. The van der Waals surface area contributed by atoms with Gasteiger partial charge < -0.3 is 14.7 Å². The normalized spacial score (nSPS) is 12.7. The molecule has 0 fully saturated rings. The van der Waals surface area contributed by atoms with Crippen LogP contribution in [0.25, 0.3) is 22.4 Å². The number of nitrogens with one attached hydrogen (secondary N) is 2. The third-order valence-electron chi connectivity index (χ3n) is 4.64. The molecular formula is C20H19N5O4S2. The summed E-state index contributed by atoms with van der Waals surface area (Å²) in [5.41, 5.74) is 2.52. The van der Waals surface area contributed by atoms with Gasteiger partial charge >= 0.3 is 0 Å². The highest BCUT2D eigenvalue weighted by atomic mass is 32.2. The number of aromatic nitrogens is 3. The number of fused-ring (bicyclic) bond motifs is 1. The van der Waals surface area contributed by atoms with Gasteiger partial charge in [-0.1, -0.05) is 42.1 Å². The van der Waals surface area contributed by atoms with E-state index in [2.05, 4.69) is 20.5 Å². The Morgan fingerprint density at radius 2 is 1.94 bits per heavy atom. The van der Waals surface area contributed by atoms with Crippen molar-refractivity contribution in [3.8, 4) is 11.5 Å². The SMILES string of the molecule is CC(NC(=O)CSc1nnc(-c2c[nH]c3ccccc23)o1)c1ccc(S(N)(=O)=O)cc1. The summed E-state index contributed by atoms with van der Waals surface area (Å²) < 4.78 is 28.4. The monoisotopic (exact) mass is 457 g/mol. The van der Waals surface area contributed by atoms with Gasteiger partial charge in [-0.3, -0.25) is 4.79 Å². The van der Waals surface area contributed by atoms with Crippen LogP contribution in [0.2, 0.25) is 0 Å². The lowest BCUT2D eigenvalue weighted by atomic mass is 10.1. The van der Waals surface area contributed by atoms with Crippen molar-refractivity contribution in [1.82, 2.24) is 20.5 Å². The molecule has 0 aliphatic carbocycles. The number of rotatable bonds is 7. The van der Waals surface area contributed by atoms with Crippen LogP contribution in [-0.2, 0) is 14.8 Å². The first-order valence-corrected chi connectivity index (χ1v) is 11.8. The second kappa shape index (κ2) is 8.53. The Labute approximate surface area is 182 Å². The molecule has 2 heterocycles. The van der Waals surface area contributed by atoms with Crippen molar-refractivity contribution >= 4 is 38.6 Å². The van der Waals surface area contributed by atoms with Crippen LogP contribution in [0, 0.1) is 0 Å². The Hall–Kier alpha value is -3.15. The zero-order valence-electron chi connectivity index (χ0n) is 16.4. The molecule has 0 bridgehead atoms. The minimum atomic E-state index is -3.75. The van der Waals surface area contributed by atoms with Gasteiger partial charge in [-0.25, -0.2) is 13.6 Å². The number of carbonyl (C=O) groups is 1. The summed E-state index contributed by atoms with van der Waals surface area (Å²) in [5.74, 6) is 0.248. The smallest absolute Gasteiger partial charge is 0.277 e. The Kier molecular flexibility index (Phi) is 5.81. The van der Waals surface area contributed by atoms with E-state index in [1.165, 1.54) is 12.1 Å². The summed E-state index contributed by atoms with van der Waals surface area (Å²) in [6.45, 7) is 1.80. The maximum absolute atomic E-state index is 12.3. The van der Waals surface area contributed by atoms with E-state index in [1.807, 2.05) is 30.5 Å². The minimum Gasteiger partial charge on any atom is -0.411 e. The van der Waals surface area contributed by atoms with Crippen molar-refractivity contribution in [2.75, 3.05) is 5.75 Å². The van der Waals surface area contributed by atoms with Gasteiger partial charge in [-0.05, 0) is 30.7 Å². The number of benzene rings is 2.